The highest BCUT2D eigenvalue weighted by molar-refractivity contribution is 7.92. The van der Waals surface area contributed by atoms with Crippen molar-refractivity contribution in [2.24, 2.45) is 17.3 Å². The summed E-state index contributed by atoms with van der Waals surface area (Å²) in [5.74, 6) is 0.773. The zero-order chi connectivity index (χ0) is 35.6. The van der Waals surface area contributed by atoms with Crippen LogP contribution in [0.3, 0.4) is 0 Å². The third-order valence-corrected chi connectivity index (χ3v) is 11.0. The van der Waals surface area contributed by atoms with E-state index in [9.17, 15) is 8.42 Å². The average molecular weight is 698 g/mol. The first-order valence-corrected chi connectivity index (χ1v) is 19.3. The number of aromatic nitrogens is 3. The van der Waals surface area contributed by atoms with Gasteiger partial charge >= 0.3 is 0 Å². The molecule has 0 radical (unpaired) electrons. The fraction of sp³-hybridized carbons (Fsp3) is 0.475. The summed E-state index contributed by atoms with van der Waals surface area (Å²) in [6, 6.07) is 17.8. The summed E-state index contributed by atoms with van der Waals surface area (Å²) >= 11 is 0. The highest BCUT2D eigenvalue weighted by Gasteiger charge is 2.32. The van der Waals surface area contributed by atoms with Crippen LogP contribution in [0.25, 0.3) is 11.3 Å². The molecule has 1 unspecified atom stereocenters. The van der Waals surface area contributed by atoms with Gasteiger partial charge in [-0.1, -0.05) is 65.0 Å². The van der Waals surface area contributed by atoms with Gasteiger partial charge in [0, 0.05) is 35.8 Å². The van der Waals surface area contributed by atoms with Crippen molar-refractivity contribution in [2.75, 3.05) is 42.5 Å². The van der Waals surface area contributed by atoms with E-state index in [-0.39, 0.29) is 28.1 Å². The fourth-order valence-electron chi connectivity index (χ4n) is 7.31. The van der Waals surface area contributed by atoms with Crippen molar-refractivity contribution >= 4 is 21.7 Å². The van der Waals surface area contributed by atoms with Gasteiger partial charge in [0.2, 0.25) is 11.8 Å². The van der Waals surface area contributed by atoms with Crippen molar-refractivity contribution in [1.29, 1.82) is 0 Å². The van der Waals surface area contributed by atoms with Gasteiger partial charge in [-0.15, -0.1) is 0 Å². The molecule has 1 saturated heterocycles. The first-order valence-electron chi connectivity index (χ1n) is 17.8. The quantitative estimate of drug-likeness (QED) is 0.209. The molecule has 1 N–H and O–H groups in total. The van der Waals surface area contributed by atoms with E-state index in [4.69, 9.17) is 24.4 Å². The van der Waals surface area contributed by atoms with Gasteiger partial charge < -0.3 is 14.4 Å². The molecule has 50 heavy (non-hydrogen) atoms. The molecule has 2 aliphatic rings. The van der Waals surface area contributed by atoms with Gasteiger partial charge in [0.05, 0.1) is 42.3 Å². The molecule has 1 fully saturated rings. The van der Waals surface area contributed by atoms with Gasteiger partial charge in [0.15, 0.2) is 0 Å². The molecule has 2 atom stereocenters. The molecule has 0 amide bonds. The number of ether oxygens (including phenoxy) is 2. The minimum atomic E-state index is -4.03. The second kappa shape index (κ2) is 14.7. The molecular formula is C40H51N5O4S. The highest BCUT2D eigenvalue weighted by Crippen LogP contribution is 2.40. The van der Waals surface area contributed by atoms with Crippen LogP contribution in [0.15, 0.2) is 65.7 Å². The van der Waals surface area contributed by atoms with E-state index in [2.05, 4.69) is 81.5 Å². The lowest BCUT2D eigenvalue weighted by atomic mass is 9.74. The normalized spacial score (nSPS) is 19.2. The van der Waals surface area contributed by atoms with Crippen LogP contribution in [0, 0.1) is 31.1 Å². The Morgan fingerprint density at radius 3 is 2.46 bits per heavy atom. The Balaban J connectivity index is 1.45. The van der Waals surface area contributed by atoms with E-state index in [1.165, 1.54) is 0 Å². The lowest BCUT2D eigenvalue weighted by Crippen LogP contribution is -2.36. The van der Waals surface area contributed by atoms with E-state index in [1.807, 2.05) is 25.3 Å². The molecule has 2 aromatic carbocycles. The van der Waals surface area contributed by atoms with Crippen LogP contribution in [-0.4, -0.2) is 56.3 Å². The van der Waals surface area contributed by atoms with Crippen molar-refractivity contribution in [3.63, 3.8) is 0 Å². The second-order valence-electron chi connectivity index (χ2n) is 15.5. The Morgan fingerprint density at radius 1 is 1.00 bits per heavy atom. The summed E-state index contributed by atoms with van der Waals surface area (Å²) in [5.41, 5.74) is 7.64. The van der Waals surface area contributed by atoms with Crippen molar-refractivity contribution in [3.05, 3.63) is 88.7 Å². The predicted octanol–water partition coefficient (Wildman–Crippen LogP) is 7.76. The van der Waals surface area contributed by atoms with Gasteiger partial charge in [-0.2, -0.15) is 4.98 Å². The number of nitrogens with one attached hydrogen (secondary N) is 1. The number of fused-ring (bicyclic) bond motifs is 4. The molecule has 4 bridgehead atoms. The molecule has 9 nitrogen and oxygen atoms in total. The molecule has 4 heterocycles. The molecule has 0 aliphatic carbocycles. The zero-order valence-electron chi connectivity index (χ0n) is 30.5. The summed E-state index contributed by atoms with van der Waals surface area (Å²) in [4.78, 5) is 16.9. The van der Waals surface area contributed by atoms with E-state index >= 15 is 0 Å². The summed E-state index contributed by atoms with van der Waals surface area (Å²) in [5, 5.41) is 0. The predicted molar refractivity (Wildman–Crippen MR) is 200 cm³/mol. The number of hydrogen-bond acceptors (Lipinski definition) is 8. The molecule has 0 saturated carbocycles. The smallest absolute Gasteiger partial charge is 0.264 e. The summed E-state index contributed by atoms with van der Waals surface area (Å²) in [6.07, 6.45) is 4.29. The molecule has 6 rings (SSSR count). The van der Waals surface area contributed by atoms with Gasteiger partial charge in [-0.25, -0.2) is 18.1 Å². The number of benzene rings is 2. The molecule has 10 heteroatoms. The maximum atomic E-state index is 14.0. The Kier molecular flexibility index (Phi) is 10.5. The van der Waals surface area contributed by atoms with Crippen LogP contribution in [0.2, 0.25) is 0 Å². The molecule has 2 aromatic heterocycles. The zero-order valence-corrected chi connectivity index (χ0v) is 31.3. The second-order valence-corrected chi connectivity index (χ2v) is 17.1. The number of hydrogen-bond donors (Lipinski definition) is 1. The van der Waals surface area contributed by atoms with E-state index in [0.29, 0.717) is 43.7 Å². The number of anilines is 2. The van der Waals surface area contributed by atoms with Crippen molar-refractivity contribution in [2.45, 2.75) is 78.5 Å². The standard InChI is InChI=1S/C40H51N5O4S/c1-26(2)20-30-12-8-10-27(3)36(30)37-28(4)38-43-39(42-37)44-50(46,47)34-13-9-11-29(21-34)35(31(25-49-38)23-40(5,6)7)22-32-14-15-33(24-41-32)45-16-18-48-19-17-45/h8-15,21,24,26,31,35H,16-20,22-23,25H2,1-7H3,(H,42,43,44)/t31-,35?/m1/s1. The van der Waals surface area contributed by atoms with Crippen molar-refractivity contribution < 1.29 is 17.9 Å². The van der Waals surface area contributed by atoms with E-state index in [0.717, 1.165) is 65.1 Å². The maximum Gasteiger partial charge on any atom is 0.264 e. The number of aryl methyl sites for hydroxylation is 1. The number of nitrogens with zero attached hydrogens (tertiary/aromatic N) is 4. The highest BCUT2D eigenvalue weighted by atomic mass is 32.2. The van der Waals surface area contributed by atoms with E-state index < -0.39 is 10.0 Å². The van der Waals surface area contributed by atoms with Crippen LogP contribution < -0.4 is 14.4 Å². The molecule has 266 valence electrons. The van der Waals surface area contributed by atoms with Gasteiger partial charge in [-0.3, -0.25) is 4.98 Å². The third kappa shape index (κ3) is 8.29. The van der Waals surface area contributed by atoms with Crippen LogP contribution in [0.5, 0.6) is 5.88 Å². The Hall–Kier alpha value is -4.02. The van der Waals surface area contributed by atoms with Gasteiger partial charge in [0.1, 0.15) is 0 Å². The lowest BCUT2D eigenvalue weighted by Gasteiger charge is -2.33. The fourth-order valence-corrected chi connectivity index (χ4v) is 8.31. The van der Waals surface area contributed by atoms with Crippen LogP contribution in [0.4, 0.5) is 11.6 Å². The first kappa shape index (κ1) is 35.8. The number of morpholine rings is 1. The molecule has 0 spiro atoms. The van der Waals surface area contributed by atoms with Crippen LogP contribution in [-0.2, 0) is 27.6 Å². The van der Waals surface area contributed by atoms with Gasteiger partial charge in [0.25, 0.3) is 10.0 Å². The van der Waals surface area contributed by atoms with E-state index in [1.54, 1.807) is 12.1 Å². The first-order chi connectivity index (χ1) is 23.8. The minimum Gasteiger partial charge on any atom is -0.477 e. The monoisotopic (exact) mass is 697 g/mol. The maximum absolute atomic E-state index is 14.0. The SMILES string of the molecule is Cc1cccc(CC(C)C)c1-c1nc2nc(c1C)OC[C@@H](CC(C)(C)C)C(Cc1ccc(N3CCOCC3)cn1)c1cccc(c1)S(=O)(=O)N2. The molecule has 2 aliphatic heterocycles. The largest absolute Gasteiger partial charge is 0.477 e. The number of sulfonamides is 1. The van der Waals surface area contributed by atoms with Crippen LogP contribution >= 0.6 is 0 Å². The van der Waals surface area contributed by atoms with Crippen molar-refractivity contribution in [1.82, 2.24) is 15.0 Å². The number of rotatable bonds is 7. The lowest BCUT2D eigenvalue weighted by molar-refractivity contribution is 0.122. The summed E-state index contributed by atoms with van der Waals surface area (Å²) < 4.78 is 43.0. The number of pyridine rings is 1. The summed E-state index contributed by atoms with van der Waals surface area (Å²) in [7, 11) is -4.03. The Morgan fingerprint density at radius 2 is 1.76 bits per heavy atom. The van der Waals surface area contributed by atoms with Crippen molar-refractivity contribution in [3.8, 4) is 17.1 Å². The van der Waals surface area contributed by atoms with Crippen LogP contribution in [0.1, 0.15) is 74.9 Å². The van der Waals surface area contributed by atoms with Gasteiger partial charge in [-0.05, 0) is 91.3 Å². The molecule has 4 aromatic rings. The Bertz CT molecular complexity index is 1920. The summed E-state index contributed by atoms with van der Waals surface area (Å²) in [6.45, 7) is 18.7. The molecular weight excluding hydrogens is 647 g/mol. The Labute approximate surface area is 297 Å². The minimum absolute atomic E-state index is 0.00111. The topological polar surface area (TPSA) is 107 Å². The average Bonchev–Trinajstić information content (AvgIpc) is 3.06. The third-order valence-electron chi connectivity index (χ3n) is 9.64.